The molecule has 75 heavy (non-hydrogen) atoms. The molecule has 8 N–H and O–H groups in total. The molecule has 14 nitrogen and oxygen atoms in total. The predicted molar refractivity (Wildman–Crippen MR) is 288 cm³/mol. The van der Waals surface area contributed by atoms with Crippen LogP contribution in [0.3, 0.4) is 0 Å². The van der Waals surface area contributed by atoms with Crippen LogP contribution in [-0.4, -0.2) is 68.5 Å². The van der Waals surface area contributed by atoms with Gasteiger partial charge in [-0.25, -0.2) is 9.59 Å². The molecule has 0 aliphatic carbocycles. The molecule has 0 amide bonds. The molecule has 4 atom stereocenters. The van der Waals surface area contributed by atoms with E-state index in [0.717, 1.165) is 22.3 Å². The summed E-state index contributed by atoms with van der Waals surface area (Å²) in [5.74, 6) is -2.01. The highest BCUT2D eigenvalue weighted by Crippen LogP contribution is 2.43. The second-order valence-corrected chi connectivity index (χ2v) is 19.8. The molecule has 0 saturated carbocycles. The van der Waals surface area contributed by atoms with Gasteiger partial charge in [0.1, 0.15) is 0 Å². The van der Waals surface area contributed by atoms with E-state index in [1.54, 1.807) is 97.1 Å². The minimum absolute atomic E-state index is 0.0741. The van der Waals surface area contributed by atoms with Crippen LogP contribution in [0.15, 0.2) is 252 Å². The standard InChI is InChI=1S/C17H20O2.C16H18O2.2C7H6O2.2C6H6O3S/c1-17(2,15(18)13-9-5-3-6-10-13)16(19)14-11-7-4-8-12-14;1-12(15(17)13-8-4-2-5-9-13)16(18)14-10-6-3-7-11-14;2*8-7(9)6-4-2-1-3-5-6;2*7-10(8,9)6-4-2-1-3-5-6/h3-12,15-16,18-19H,1-2H3;2-12,15-18H,1H3;2*1-5H,(H,8,9);2*1-5H,(H,7,8,9). The fourth-order valence-electron chi connectivity index (χ4n) is 6.71. The third-order valence-electron chi connectivity index (χ3n) is 11.0. The van der Waals surface area contributed by atoms with E-state index in [0.29, 0.717) is 11.1 Å². The Morgan fingerprint density at radius 1 is 0.360 bits per heavy atom. The van der Waals surface area contributed by atoms with Crippen LogP contribution in [-0.2, 0) is 20.2 Å². The van der Waals surface area contributed by atoms with Gasteiger partial charge < -0.3 is 30.6 Å². The molecule has 0 aliphatic rings. The van der Waals surface area contributed by atoms with Gasteiger partial charge in [-0.1, -0.05) is 215 Å². The van der Waals surface area contributed by atoms with Crippen molar-refractivity contribution in [3.63, 3.8) is 0 Å². The minimum atomic E-state index is -4.00. The van der Waals surface area contributed by atoms with Gasteiger partial charge in [-0.15, -0.1) is 0 Å². The number of aliphatic hydroxyl groups is 4. The predicted octanol–water partition coefficient (Wildman–Crippen LogP) is 11.2. The van der Waals surface area contributed by atoms with Gasteiger partial charge in [0.05, 0.1) is 45.3 Å². The number of benzene rings is 8. The molecule has 0 fully saturated rings. The van der Waals surface area contributed by atoms with Crippen LogP contribution >= 0.6 is 0 Å². The quantitative estimate of drug-likeness (QED) is 0.0529. The summed E-state index contributed by atoms with van der Waals surface area (Å²) in [5.41, 5.74) is 3.31. The normalized spacial score (nSPS) is 12.8. The first-order valence-corrected chi connectivity index (χ1v) is 26.0. The SMILES string of the molecule is CC(C(O)c1ccccc1)C(O)c1ccccc1.CC(C)(C(O)c1ccccc1)C(O)c1ccccc1.O=C(O)c1ccccc1.O=C(O)c1ccccc1.O=S(=O)(O)c1ccccc1.O=S(=O)(O)c1ccccc1. The van der Waals surface area contributed by atoms with Crippen molar-refractivity contribution >= 4 is 32.2 Å². The zero-order chi connectivity index (χ0) is 55.4. The largest absolute Gasteiger partial charge is 0.478 e. The van der Waals surface area contributed by atoms with Crippen molar-refractivity contribution < 1.29 is 66.2 Å². The van der Waals surface area contributed by atoms with Crippen LogP contribution in [0.2, 0.25) is 0 Å². The second kappa shape index (κ2) is 31.2. The van der Waals surface area contributed by atoms with E-state index in [9.17, 15) is 46.9 Å². The first kappa shape index (κ1) is 61.7. The Morgan fingerprint density at radius 3 is 0.747 bits per heavy atom. The summed E-state index contributed by atoms with van der Waals surface area (Å²) in [6, 6.07) is 69.2. The van der Waals surface area contributed by atoms with Crippen LogP contribution in [0.5, 0.6) is 0 Å². The van der Waals surface area contributed by atoms with Gasteiger partial charge in [-0.2, -0.15) is 16.8 Å². The van der Waals surface area contributed by atoms with Crippen LogP contribution in [0, 0.1) is 11.3 Å². The van der Waals surface area contributed by atoms with Crippen molar-refractivity contribution in [3.8, 4) is 0 Å². The molecular weight excluding hydrogens is 997 g/mol. The average molecular weight is 1060 g/mol. The highest BCUT2D eigenvalue weighted by atomic mass is 32.2. The lowest BCUT2D eigenvalue weighted by atomic mass is 9.75. The van der Waals surface area contributed by atoms with Crippen LogP contribution in [0.25, 0.3) is 0 Å². The number of carboxylic acids is 2. The van der Waals surface area contributed by atoms with E-state index in [1.165, 1.54) is 24.3 Å². The Hall–Kier alpha value is -7.64. The summed E-state index contributed by atoms with van der Waals surface area (Å²) in [4.78, 5) is 20.3. The van der Waals surface area contributed by atoms with Crippen molar-refractivity contribution in [2.24, 2.45) is 11.3 Å². The van der Waals surface area contributed by atoms with Crippen LogP contribution < -0.4 is 0 Å². The summed E-state index contributed by atoms with van der Waals surface area (Å²) in [6.45, 7) is 5.61. The fraction of sp³-hybridized carbons (Fsp3) is 0.153. The first-order valence-electron chi connectivity index (χ1n) is 23.1. The Bertz CT molecular complexity index is 2860. The first-order chi connectivity index (χ1) is 35.5. The highest BCUT2D eigenvalue weighted by molar-refractivity contribution is 7.86. The summed E-state index contributed by atoms with van der Waals surface area (Å²) in [7, 11) is -8.01. The lowest BCUT2D eigenvalue weighted by Crippen LogP contribution is -2.29. The second-order valence-electron chi connectivity index (χ2n) is 16.9. The summed E-state index contributed by atoms with van der Waals surface area (Å²) >= 11 is 0. The maximum atomic E-state index is 10.5. The molecule has 0 bridgehead atoms. The lowest BCUT2D eigenvalue weighted by Gasteiger charge is -2.35. The monoisotopic (exact) mass is 1060 g/mol. The number of rotatable bonds is 12. The molecule has 16 heteroatoms. The summed E-state index contributed by atoms with van der Waals surface area (Å²) in [5, 5.41) is 58.3. The molecule has 0 aliphatic heterocycles. The molecule has 394 valence electrons. The van der Waals surface area contributed by atoms with E-state index in [1.807, 2.05) is 142 Å². The Kier molecular flexibility index (Phi) is 25.6. The molecule has 8 aromatic rings. The molecule has 8 aromatic carbocycles. The third-order valence-corrected chi connectivity index (χ3v) is 12.8. The number of carbonyl (C=O) groups is 2. The van der Waals surface area contributed by atoms with Crippen LogP contribution in [0.1, 0.15) is 88.2 Å². The van der Waals surface area contributed by atoms with Crippen molar-refractivity contribution in [1.29, 1.82) is 0 Å². The van der Waals surface area contributed by atoms with Gasteiger partial charge in [0.2, 0.25) is 0 Å². The molecule has 0 spiro atoms. The van der Waals surface area contributed by atoms with Crippen molar-refractivity contribution in [1.82, 2.24) is 0 Å². The Balaban J connectivity index is 0.000000245. The molecule has 0 radical (unpaired) electrons. The maximum Gasteiger partial charge on any atom is 0.335 e. The van der Waals surface area contributed by atoms with Gasteiger partial charge in [-0.05, 0) is 70.8 Å². The molecule has 0 saturated heterocycles. The third kappa shape index (κ3) is 21.8. The van der Waals surface area contributed by atoms with E-state index in [-0.39, 0.29) is 15.7 Å². The van der Waals surface area contributed by atoms with Crippen LogP contribution in [0.4, 0.5) is 0 Å². The Labute approximate surface area is 438 Å². The number of aromatic carboxylic acids is 2. The number of hydrogen-bond donors (Lipinski definition) is 8. The van der Waals surface area contributed by atoms with E-state index in [2.05, 4.69) is 0 Å². The maximum absolute atomic E-state index is 10.5. The van der Waals surface area contributed by atoms with Crippen molar-refractivity contribution in [3.05, 3.63) is 276 Å². The molecule has 0 heterocycles. The highest BCUT2D eigenvalue weighted by Gasteiger charge is 2.37. The molecular formula is C59H62O14S2. The molecule has 4 unspecified atom stereocenters. The smallest absolute Gasteiger partial charge is 0.335 e. The van der Waals surface area contributed by atoms with Gasteiger partial charge in [0, 0.05) is 11.3 Å². The number of carboxylic acid groups (broad SMARTS) is 2. The van der Waals surface area contributed by atoms with E-state index in [4.69, 9.17) is 19.3 Å². The number of aliphatic hydroxyl groups excluding tert-OH is 4. The number of hydrogen-bond acceptors (Lipinski definition) is 10. The topological polar surface area (TPSA) is 264 Å². The van der Waals surface area contributed by atoms with Crippen molar-refractivity contribution in [2.45, 2.75) is 55.0 Å². The zero-order valence-electron chi connectivity index (χ0n) is 41.3. The van der Waals surface area contributed by atoms with E-state index < -0.39 is 62.0 Å². The lowest BCUT2D eigenvalue weighted by molar-refractivity contribution is -0.0512. The summed E-state index contributed by atoms with van der Waals surface area (Å²) < 4.78 is 58.5. The average Bonchev–Trinajstić information content (AvgIpc) is 3.44. The minimum Gasteiger partial charge on any atom is -0.478 e. The molecule has 8 rings (SSSR count). The summed E-state index contributed by atoms with van der Waals surface area (Å²) in [6.07, 6.45) is -2.77. The van der Waals surface area contributed by atoms with Gasteiger partial charge in [-0.3, -0.25) is 9.11 Å². The molecule has 0 aromatic heterocycles. The van der Waals surface area contributed by atoms with E-state index >= 15 is 0 Å². The Morgan fingerprint density at radius 2 is 0.560 bits per heavy atom. The van der Waals surface area contributed by atoms with Gasteiger partial charge in [0.15, 0.2) is 0 Å². The van der Waals surface area contributed by atoms with Crippen molar-refractivity contribution in [2.75, 3.05) is 0 Å². The van der Waals surface area contributed by atoms with Gasteiger partial charge in [0.25, 0.3) is 20.2 Å². The zero-order valence-corrected chi connectivity index (χ0v) is 43.0. The fourth-order valence-corrected chi connectivity index (χ4v) is 7.71. The van der Waals surface area contributed by atoms with Gasteiger partial charge >= 0.3 is 11.9 Å².